The van der Waals surface area contributed by atoms with E-state index < -0.39 is 5.97 Å². The molecule has 0 radical (unpaired) electrons. The molecule has 0 aromatic carbocycles. The maximum Gasteiger partial charge on any atom is 0.354 e. The highest BCUT2D eigenvalue weighted by atomic mass is 16.4. The first-order valence-electron chi connectivity index (χ1n) is 5.74. The molecular weight excluding hydrogens is 216 g/mol. The van der Waals surface area contributed by atoms with Crippen molar-refractivity contribution in [3.05, 3.63) is 35.3 Å². The maximum absolute atomic E-state index is 11.4. The Hall–Kier alpha value is -1.84. The van der Waals surface area contributed by atoms with Gasteiger partial charge in [0.15, 0.2) is 5.69 Å². The van der Waals surface area contributed by atoms with E-state index in [1.54, 1.807) is 10.6 Å². The van der Waals surface area contributed by atoms with E-state index in [0.29, 0.717) is 5.69 Å². The molecule has 0 saturated heterocycles. The predicted octanol–water partition coefficient (Wildman–Crippen LogP) is 2.39. The summed E-state index contributed by atoms with van der Waals surface area (Å²) in [5.74, 6) is -0.897. The fourth-order valence-corrected chi connectivity index (χ4v) is 2.25. The number of hydrogen-bond donors (Lipinski definition) is 1. The minimum absolute atomic E-state index is 0.0355. The van der Waals surface area contributed by atoms with Gasteiger partial charge in [0.05, 0.1) is 5.69 Å². The molecule has 0 aliphatic heterocycles. The second-order valence-corrected chi connectivity index (χ2v) is 5.06. The Balaban J connectivity index is 2.39. The number of aromatic nitrogens is 2. The number of imidazole rings is 1. The van der Waals surface area contributed by atoms with Crippen molar-refractivity contribution in [2.75, 3.05) is 0 Å². The average Bonchev–Trinajstić information content (AvgIpc) is 2.89. The largest absolute Gasteiger partial charge is 0.477 e. The fourth-order valence-electron chi connectivity index (χ4n) is 2.25. The molecule has 2 aromatic rings. The summed E-state index contributed by atoms with van der Waals surface area (Å²) < 4.78 is 1.69. The number of aryl methyl sites for hydroxylation is 1. The molecule has 3 rings (SSSR count). The van der Waals surface area contributed by atoms with Crippen molar-refractivity contribution in [2.45, 2.75) is 32.1 Å². The van der Waals surface area contributed by atoms with Crippen LogP contribution in [0.3, 0.4) is 0 Å². The van der Waals surface area contributed by atoms with Gasteiger partial charge in [-0.25, -0.2) is 9.78 Å². The molecule has 4 heteroatoms. The first kappa shape index (κ1) is 10.3. The third-order valence-corrected chi connectivity index (χ3v) is 3.62. The minimum Gasteiger partial charge on any atom is -0.477 e. The van der Waals surface area contributed by atoms with Gasteiger partial charge in [0.2, 0.25) is 0 Å². The molecular formula is C13H14N2O2. The maximum atomic E-state index is 11.4. The average molecular weight is 230 g/mol. The van der Waals surface area contributed by atoms with Crippen LogP contribution in [0.2, 0.25) is 0 Å². The quantitative estimate of drug-likeness (QED) is 0.861. The number of carboxylic acid groups (broad SMARTS) is 1. The lowest BCUT2D eigenvalue weighted by Gasteiger charge is -2.05. The van der Waals surface area contributed by atoms with Gasteiger partial charge >= 0.3 is 5.97 Å². The highest BCUT2D eigenvalue weighted by Crippen LogP contribution is 2.48. The van der Waals surface area contributed by atoms with Gasteiger partial charge in [-0.2, -0.15) is 0 Å². The lowest BCUT2D eigenvalue weighted by Crippen LogP contribution is -2.11. The zero-order valence-corrected chi connectivity index (χ0v) is 9.90. The molecule has 1 N–H and O–H groups in total. The highest BCUT2D eigenvalue weighted by Gasteiger charge is 2.44. The molecule has 2 aromatic heterocycles. The Kier molecular flexibility index (Phi) is 1.88. The summed E-state index contributed by atoms with van der Waals surface area (Å²) in [4.78, 5) is 16.0. The smallest absolute Gasteiger partial charge is 0.354 e. The SMILES string of the molecule is Cc1cccn2c(C(=O)O)c(C3(C)CC3)nc12. The van der Waals surface area contributed by atoms with Crippen LogP contribution in [0.4, 0.5) is 0 Å². The van der Waals surface area contributed by atoms with Crippen LogP contribution >= 0.6 is 0 Å². The molecule has 0 spiro atoms. The molecule has 0 unspecified atom stereocenters. The molecule has 4 nitrogen and oxygen atoms in total. The van der Waals surface area contributed by atoms with Crippen molar-refractivity contribution in [3.8, 4) is 0 Å². The van der Waals surface area contributed by atoms with Gasteiger partial charge in [-0.3, -0.25) is 4.40 Å². The Morgan fingerprint density at radius 2 is 2.24 bits per heavy atom. The molecule has 1 fully saturated rings. The van der Waals surface area contributed by atoms with Gasteiger partial charge in [0.25, 0.3) is 0 Å². The third-order valence-electron chi connectivity index (χ3n) is 3.62. The topological polar surface area (TPSA) is 54.6 Å². The summed E-state index contributed by atoms with van der Waals surface area (Å²) in [5.41, 5.74) is 2.79. The molecule has 88 valence electrons. The number of carbonyl (C=O) groups is 1. The van der Waals surface area contributed by atoms with Gasteiger partial charge < -0.3 is 5.11 Å². The van der Waals surface area contributed by atoms with E-state index >= 15 is 0 Å². The molecule has 1 saturated carbocycles. The number of hydrogen-bond acceptors (Lipinski definition) is 2. The van der Waals surface area contributed by atoms with Gasteiger partial charge in [0.1, 0.15) is 5.65 Å². The van der Waals surface area contributed by atoms with E-state index in [-0.39, 0.29) is 5.41 Å². The van der Waals surface area contributed by atoms with Gasteiger partial charge in [0, 0.05) is 11.6 Å². The van der Waals surface area contributed by atoms with Crippen molar-refractivity contribution in [1.29, 1.82) is 0 Å². The second-order valence-electron chi connectivity index (χ2n) is 5.06. The number of rotatable bonds is 2. The summed E-state index contributed by atoms with van der Waals surface area (Å²) in [5, 5.41) is 9.37. The van der Waals surface area contributed by atoms with E-state index in [0.717, 1.165) is 29.7 Å². The van der Waals surface area contributed by atoms with Crippen LogP contribution in [0.25, 0.3) is 5.65 Å². The second kappa shape index (κ2) is 3.09. The third kappa shape index (κ3) is 1.37. The van der Waals surface area contributed by atoms with Gasteiger partial charge in [-0.15, -0.1) is 0 Å². The van der Waals surface area contributed by atoms with Crippen molar-refractivity contribution in [3.63, 3.8) is 0 Å². The first-order valence-corrected chi connectivity index (χ1v) is 5.74. The predicted molar refractivity (Wildman–Crippen MR) is 63.5 cm³/mol. The van der Waals surface area contributed by atoms with E-state index in [2.05, 4.69) is 11.9 Å². The van der Waals surface area contributed by atoms with Gasteiger partial charge in [-0.1, -0.05) is 13.0 Å². The zero-order chi connectivity index (χ0) is 12.2. The molecule has 0 atom stereocenters. The number of pyridine rings is 1. The first-order chi connectivity index (χ1) is 8.03. The Morgan fingerprint density at radius 1 is 1.53 bits per heavy atom. The van der Waals surface area contributed by atoms with Gasteiger partial charge in [-0.05, 0) is 31.4 Å². The molecule has 1 aliphatic carbocycles. The molecule has 0 amide bonds. The lowest BCUT2D eigenvalue weighted by molar-refractivity contribution is 0.0687. The van der Waals surface area contributed by atoms with E-state index in [9.17, 15) is 9.90 Å². The standard InChI is InChI=1S/C13H14N2O2/c1-8-4-3-7-15-9(12(16)17)10(14-11(8)15)13(2)5-6-13/h3-4,7H,5-6H2,1-2H3,(H,16,17). The molecule has 17 heavy (non-hydrogen) atoms. The molecule has 1 aliphatic rings. The van der Waals surface area contributed by atoms with E-state index in [1.807, 2.05) is 19.1 Å². The monoisotopic (exact) mass is 230 g/mol. The zero-order valence-electron chi connectivity index (χ0n) is 9.90. The summed E-state index contributed by atoms with van der Waals surface area (Å²) >= 11 is 0. The fraction of sp³-hybridized carbons (Fsp3) is 0.385. The molecule has 2 heterocycles. The van der Waals surface area contributed by atoms with Crippen molar-refractivity contribution >= 4 is 11.6 Å². The molecule has 0 bridgehead atoms. The normalized spacial score (nSPS) is 17.3. The number of aromatic carboxylic acids is 1. The minimum atomic E-state index is -0.897. The van der Waals surface area contributed by atoms with Crippen LogP contribution < -0.4 is 0 Å². The lowest BCUT2D eigenvalue weighted by atomic mass is 10.0. The van der Waals surface area contributed by atoms with E-state index in [4.69, 9.17) is 0 Å². The van der Waals surface area contributed by atoms with Crippen LogP contribution in [0.15, 0.2) is 18.3 Å². The number of nitrogens with zero attached hydrogens (tertiary/aromatic N) is 2. The van der Waals surface area contributed by atoms with Crippen molar-refractivity contribution < 1.29 is 9.90 Å². The Bertz CT molecular complexity index is 624. The van der Waals surface area contributed by atoms with Crippen molar-refractivity contribution in [1.82, 2.24) is 9.38 Å². The Morgan fingerprint density at radius 3 is 2.82 bits per heavy atom. The number of carboxylic acids is 1. The number of fused-ring (bicyclic) bond motifs is 1. The highest BCUT2D eigenvalue weighted by molar-refractivity contribution is 5.89. The summed E-state index contributed by atoms with van der Waals surface area (Å²) in [6.07, 6.45) is 3.82. The van der Waals surface area contributed by atoms with Crippen LogP contribution in [-0.4, -0.2) is 20.5 Å². The van der Waals surface area contributed by atoms with E-state index in [1.165, 1.54) is 0 Å². The van der Waals surface area contributed by atoms with Crippen LogP contribution in [0.1, 0.15) is 41.5 Å². The summed E-state index contributed by atoms with van der Waals surface area (Å²) in [6.45, 7) is 4.03. The summed E-state index contributed by atoms with van der Waals surface area (Å²) in [6, 6.07) is 3.81. The Labute approximate surface area is 98.9 Å². The van der Waals surface area contributed by atoms with Crippen molar-refractivity contribution in [2.24, 2.45) is 0 Å². The summed E-state index contributed by atoms with van der Waals surface area (Å²) in [7, 11) is 0. The van der Waals surface area contributed by atoms with Crippen LogP contribution in [0.5, 0.6) is 0 Å². The van der Waals surface area contributed by atoms with Crippen LogP contribution in [0, 0.1) is 6.92 Å². The van der Waals surface area contributed by atoms with Crippen LogP contribution in [-0.2, 0) is 5.41 Å².